The molecule has 0 bridgehead atoms. The van der Waals surface area contributed by atoms with Crippen molar-refractivity contribution in [2.45, 2.75) is 11.4 Å². The van der Waals surface area contributed by atoms with Crippen LogP contribution in [0.4, 0.5) is 8.78 Å². The molecule has 140 valence electrons. The minimum Gasteiger partial charge on any atom is -0.484 e. The van der Waals surface area contributed by atoms with Crippen molar-refractivity contribution in [2.24, 2.45) is 0 Å². The Kier molecular flexibility index (Phi) is 6.27. The molecule has 9 heteroatoms. The van der Waals surface area contributed by atoms with Crippen molar-refractivity contribution in [1.82, 2.24) is 9.62 Å². The topological polar surface area (TPSA) is 75.7 Å². The molecule has 0 unspecified atom stereocenters. The first-order chi connectivity index (χ1) is 12.2. The Hall–Kier alpha value is -2.52. The molecular weight excluding hydrogens is 366 g/mol. The molecule has 0 aliphatic heterocycles. The summed E-state index contributed by atoms with van der Waals surface area (Å²) < 4.78 is 56.7. The van der Waals surface area contributed by atoms with Gasteiger partial charge in [0.2, 0.25) is 10.0 Å². The molecule has 0 spiro atoms. The number of hydrogen-bond donors (Lipinski definition) is 1. The second-order valence-electron chi connectivity index (χ2n) is 5.54. The third kappa shape index (κ3) is 4.77. The van der Waals surface area contributed by atoms with Crippen molar-refractivity contribution in [3.63, 3.8) is 0 Å². The molecule has 26 heavy (non-hydrogen) atoms. The smallest absolute Gasteiger partial charge is 0.258 e. The van der Waals surface area contributed by atoms with Gasteiger partial charge in [0.25, 0.3) is 5.91 Å². The summed E-state index contributed by atoms with van der Waals surface area (Å²) >= 11 is 0. The summed E-state index contributed by atoms with van der Waals surface area (Å²) in [6.45, 7) is -0.448. The van der Waals surface area contributed by atoms with Crippen LogP contribution in [0.3, 0.4) is 0 Å². The fourth-order valence-electron chi connectivity index (χ4n) is 2.06. The van der Waals surface area contributed by atoms with Gasteiger partial charge in [0, 0.05) is 26.7 Å². The van der Waals surface area contributed by atoms with E-state index in [2.05, 4.69) is 5.32 Å². The van der Waals surface area contributed by atoms with Crippen LogP contribution in [0.25, 0.3) is 0 Å². The molecule has 0 saturated carbocycles. The number of amides is 1. The molecule has 0 aliphatic rings. The third-order valence-electron chi connectivity index (χ3n) is 3.47. The van der Waals surface area contributed by atoms with Crippen LogP contribution >= 0.6 is 0 Å². The first-order valence-corrected chi connectivity index (χ1v) is 9.01. The fourth-order valence-corrected chi connectivity index (χ4v) is 3.17. The summed E-state index contributed by atoms with van der Waals surface area (Å²) in [5.74, 6) is -2.62. The number of sulfonamides is 1. The zero-order chi connectivity index (χ0) is 19.3. The zero-order valence-electron chi connectivity index (χ0n) is 14.2. The number of nitrogens with zero attached hydrogens (tertiary/aromatic N) is 1. The lowest BCUT2D eigenvalue weighted by atomic mass is 10.2. The average Bonchev–Trinajstić information content (AvgIpc) is 2.61. The van der Waals surface area contributed by atoms with E-state index < -0.39 is 34.2 Å². The second kappa shape index (κ2) is 8.24. The summed E-state index contributed by atoms with van der Waals surface area (Å²) in [4.78, 5) is 12.0. The first kappa shape index (κ1) is 19.8. The number of carbonyl (C=O) groups is 1. The molecule has 0 aromatic heterocycles. The molecule has 6 nitrogen and oxygen atoms in total. The number of halogens is 2. The Morgan fingerprint density at radius 1 is 1.12 bits per heavy atom. The summed E-state index contributed by atoms with van der Waals surface area (Å²) in [6, 6.07) is 9.22. The van der Waals surface area contributed by atoms with Gasteiger partial charge in [-0.2, -0.15) is 0 Å². The Morgan fingerprint density at radius 3 is 2.46 bits per heavy atom. The van der Waals surface area contributed by atoms with Crippen molar-refractivity contribution in [3.8, 4) is 5.75 Å². The third-order valence-corrected chi connectivity index (χ3v) is 5.38. The van der Waals surface area contributed by atoms with Gasteiger partial charge >= 0.3 is 0 Å². The molecule has 2 rings (SSSR count). The van der Waals surface area contributed by atoms with E-state index in [0.717, 1.165) is 16.4 Å². The van der Waals surface area contributed by atoms with Crippen molar-refractivity contribution in [3.05, 3.63) is 59.7 Å². The minimum absolute atomic E-state index is 0.00892. The van der Waals surface area contributed by atoms with Gasteiger partial charge in [-0.05, 0) is 23.8 Å². The predicted octanol–water partition coefficient (Wildman–Crippen LogP) is 1.91. The standard InChI is InChI=1S/C17H18F2N2O4S/c1-21(2)26(23,24)16-6-4-3-5-12(16)10-20-17(22)11-25-13-7-8-14(18)15(19)9-13/h3-9H,10-11H2,1-2H3,(H,20,22). The van der Waals surface area contributed by atoms with Crippen LogP contribution < -0.4 is 10.1 Å². The lowest BCUT2D eigenvalue weighted by Gasteiger charge is -2.15. The van der Waals surface area contributed by atoms with E-state index in [0.29, 0.717) is 5.56 Å². The fraction of sp³-hybridized carbons (Fsp3) is 0.235. The van der Waals surface area contributed by atoms with Gasteiger partial charge in [-0.15, -0.1) is 0 Å². The molecule has 0 atom stereocenters. The van der Waals surface area contributed by atoms with Crippen LogP contribution in [-0.2, 0) is 21.4 Å². The molecule has 0 aliphatic carbocycles. The maximum absolute atomic E-state index is 13.1. The van der Waals surface area contributed by atoms with Gasteiger partial charge in [0.05, 0.1) is 4.90 Å². The van der Waals surface area contributed by atoms with Gasteiger partial charge in [-0.3, -0.25) is 4.79 Å². The van der Waals surface area contributed by atoms with Crippen LogP contribution in [0, 0.1) is 11.6 Å². The van der Waals surface area contributed by atoms with E-state index in [1.54, 1.807) is 18.2 Å². The maximum atomic E-state index is 13.1. The summed E-state index contributed by atoms with van der Waals surface area (Å²) in [5, 5.41) is 2.53. The number of hydrogen-bond acceptors (Lipinski definition) is 4. The Bertz CT molecular complexity index is 901. The van der Waals surface area contributed by atoms with E-state index >= 15 is 0 Å². The van der Waals surface area contributed by atoms with Crippen molar-refractivity contribution in [1.29, 1.82) is 0 Å². The highest BCUT2D eigenvalue weighted by Gasteiger charge is 2.20. The van der Waals surface area contributed by atoms with E-state index in [4.69, 9.17) is 4.74 Å². The number of carbonyl (C=O) groups excluding carboxylic acids is 1. The molecule has 2 aromatic rings. The Morgan fingerprint density at radius 2 is 1.81 bits per heavy atom. The minimum atomic E-state index is -3.65. The summed E-state index contributed by atoms with van der Waals surface area (Å²) in [6.07, 6.45) is 0. The normalized spacial score (nSPS) is 11.4. The molecule has 0 fully saturated rings. The van der Waals surface area contributed by atoms with E-state index in [-0.39, 0.29) is 17.2 Å². The number of nitrogens with one attached hydrogen (secondary N) is 1. The molecule has 0 saturated heterocycles. The van der Waals surface area contributed by atoms with Crippen LogP contribution in [0.5, 0.6) is 5.75 Å². The Balaban J connectivity index is 1.99. The molecule has 2 aromatic carbocycles. The van der Waals surface area contributed by atoms with Gasteiger partial charge in [-0.25, -0.2) is 21.5 Å². The van der Waals surface area contributed by atoms with Crippen molar-refractivity contribution in [2.75, 3.05) is 20.7 Å². The average molecular weight is 384 g/mol. The Labute approximate surface area is 150 Å². The number of ether oxygens (including phenoxy) is 1. The lowest BCUT2D eigenvalue weighted by molar-refractivity contribution is -0.123. The van der Waals surface area contributed by atoms with Crippen LogP contribution in [-0.4, -0.2) is 39.3 Å². The highest BCUT2D eigenvalue weighted by molar-refractivity contribution is 7.89. The highest BCUT2D eigenvalue weighted by Crippen LogP contribution is 2.18. The van der Waals surface area contributed by atoms with E-state index in [1.165, 1.54) is 26.2 Å². The van der Waals surface area contributed by atoms with Crippen LogP contribution in [0.1, 0.15) is 5.56 Å². The largest absolute Gasteiger partial charge is 0.484 e. The van der Waals surface area contributed by atoms with Gasteiger partial charge in [0.1, 0.15) is 5.75 Å². The molecule has 1 amide bonds. The SMILES string of the molecule is CN(C)S(=O)(=O)c1ccccc1CNC(=O)COc1ccc(F)c(F)c1. The second-order valence-corrected chi connectivity index (χ2v) is 7.66. The van der Waals surface area contributed by atoms with E-state index in [1.807, 2.05) is 0 Å². The van der Waals surface area contributed by atoms with Crippen molar-refractivity contribution >= 4 is 15.9 Å². The molecule has 1 N–H and O–H groups in total. The van der Waals surface area contributed by atoms with Gasteiger partial charge < -0.3 is 10.1 Å². The molecule has 0 radical (unpaired) electrons. The number of benzene rings is 2. The lowest BCUT2D eigenvalue weighted by Crippen LogP contribution is -2.30. The number of rotatable bonds is 7. The monoisotopic (exact) mass is 384 g/mol. The zero-order valence-corrected chi connectivity index (χ0v) is 15.0. The quantitative estimate of drug-likeness (QED) is 0.791. The van der Waals surface area contributed by atoms with Gasteiger partial charge in [-0.1, -0.05) is 18.2 Å². The van der Waals surface area contributed by atoms with Gasteiger partial charge in [0.15, 0.2) is 18.2 Å². The van der Waals surface area contributed by atoms with Crippen molar-refractivity contribution < 1.29 is 26.7 Å². The molecular formula is C17H18F2N2O4S. The highest BCUT2D eigenvalue weighted by atomic mass is 32.2. The summed E-state index contributed by atoms with van der Waals surface area (Å²) in [7, 11) is -0.812. The maximum Gasteiger partial charge on any atom is 0.258 e. The molecule has 0 heterocycles. The van der Waals surface area contributed by atoms with E-state index in [9.17, 15) is 22.0 Å². The predicted molar refractivity (Wildman–Crippen MR) is 91.0 cm³/mol. The first-order valence-electron chi connectivity index (χ1n) is 7.57. The summed E-state index contributed by atoms with van der Waals surface area (Å²) in [5.41, 5.74) is 0.419. The van der Waals surface area contributed by atoms with Crippen LogP contribution in [0.2, 0.25) is 0 Å². The van der Waals surface area contributed by atoms with Crippen LogP contribution in [0.15, 0.2) is 47.4 Å².